The Morgan fingerprint density at radius 3 is 2.35 bits per heavy atom. The van der Waals surface area contributed by atoms with E-state index in [1.54, 1.807) is 0 Å². The molecule has 0 saturated heterocycles. The lowest BCUT2D eigenvalue weighted by Crippen LogP contribution is -2.21. The molecule has 0 spiro atoms. The van der Waals surface area contributed by atoms with Crippen LogP contribution in [0, 0.1) is 5.41 Å². The highest BCUT2D eigenvalue weighted by Gasteiger charge is 2.28. The third-order valence-corrected chi connectivity index (χ3v) is 3.56. The largest absolute Gasteiger partial charge is 0.0955 e. The van der Waals surface area contributed by atoms with Gasteiger partial charge in [-0.1, -0.05) is 64.0 Å². The smallest absolute Gasteiger partial charge is 0.0228 e. The molecule has 0 aromatic rings. The predicted octanol–water partition coefficient (Wildman–Crippen LogP) is 6.06. The van der Waals surface area contributed by atoms with E-state index in [2.05, 4.69) is 46.4 Å². The second-order valence-electron chi connectivity index (χ2n) is 5.38. The minimum atomic E-state index is 0.499. The molecule has 0 heterocycles. The fourth-order valence-electron chi connectivity index (χ4n) is 2.10. The predicted molar refractivity (Wildman–Crippen MR) is 80.3 cm³/mol. The third kappa shape index (κ3) is 5.39. The Morgan fingerprint density at radius 1 is 1.35 bits per heavy atom. The van der Waals surface area contributed by atoms with Crippen LogP contribution in [0.4, 0.5) is 0 Å². The number of hydrogen-bond acceptors (Lipinski definition) is 0. The molecular formula is C17H30. The Morgan fingerprint density at radius 2 is 1.94 bits per heavy atom. The highest BCUT2D eigenvalue weighted by Crippen LogP contribution is 2.43. The van der Waals surface area contributed by atoms with E-state index in [1.165, 1.54) is 42.4 Å². The molecule has 1 fully saturated rings. The minimum absolute atomic E-state index is 0.499. The second kappa shape index (κ2) is 7.53. The van der Waals surface area contributed by atoms with Crippen molar-refractivity contribution < 1.29 is 0 Å². The van der Waals surface area contributed by atoms with Gasteiger partial charge in [-0.05, 0) is 44.1 Å². The quantitative estimate of drug-likeness (QED) is 0.544. The van der Waals surface area contributed by atoms with Crippen LogP contribution in [0.5, 0.6) is 0 Å². The lowest BCUT2D eigenvalue weighted by molar-refractivity contribution is 0.267. The van der Waals surface area contributed by atoms with Crippen molar-refractivity contribution in [2.45, 2.75) is 67.2 Å². The van der Waals surface area contributed by atoms with Crippen LogP contribution in [-0.4, -0.2) is 0 Å². The molecule has 0 heteroatoms. The van der Waals surface area contributed by atoms with Crippen LogP contribution in [-0.2, 0) is 0 Å². The van der Waals surface area contributed by atoms with E-state index in [1.807, 2.05) is 13.8 Å². The molecule has 0 aliphatic heterocycles. The van der Waals surface area contributed by atoms with Gasteiger partial charge in [0.05, 0.1) is 0 Å². The van der Waals surface area contributed by atoms with E-state index in [0.29, 0.717) is 5.41 Å². The Hall–Kier alpha value is -0.780. The van der Waals surface area contributed by atoms with Crippen LogP contribution < -0.4 is 0 Å². The summed E-state index contributed by atoms with van der Waals surface area (Å²) in [4.78, 5) is 0. The van der Waals surface area contributed by atoms with Gasteiger partial charge in [0.15, 0.2) is 0 Å². The van der Waals surface area contributed by atoms with Crippen LogP contribution in [0.15, 0.2) is 35.5 Å². The van der Waals surface area contributed by atoms with Crippen molar-refractivity contribution in [3.05, 3.63) is 35.5 Å². The first-order valence-electron chi connectivity index (χ1n) is 6.99. The average Bonchev–Trinajstić information content (AvgIpc) is 2.30. The zero-order valence-corrected chi connectivity index (χ0v) is 12.7. The van der Waals surface area contributed by atoms with E-state index in [9.17, 15) is 0 Å². The normalized spacial score (nSPS) is 26.2. The van der Waals surface area contributed by atoms with E-state index < -0.39 is 0 Å². The van der Waals surface area contributed by atoms with Crippen molar-refractivity contribution in [2.75, 3.05) is 0 Å². The van der Waals surface area contributed by atoms with Crippen LogP contribution in [0.2, 0.25) is 0 Å². The zero-order chi connectivity index (χ0) is 13.5. The van der Waals surface area contributed by atoms with Gasteiger partial charge in [0.25, 0.3) is 0 Å². The van der Waals surface area contributed by atoms with Gasteiger partial charge in [0.1, 0.15) is 0 Å². The molecular weight excluding hydrogens is 204 g/mol. The molecule has 1 atom stereocenters. The molecule has 0 aromatic heterocycles. The summed E-state index contributed by atoms with van der Waals surface area (Å²) in [6.07, 6.45) is 9.41. The van der Waals surface area contributed by atoms with Gasteiger partial charge in [-0.3, -0.25) is 0 Å². The van der Waals surface area contributed by atoms with E-state index in [0.717, 1.165) is 0 Å². The first-order chi connectivity index (χ1) is 7.97. The standard InChI is InChI=1S/C15H24.C2H6/c1-6-15(5)10-9-14(13(4)11-15)8-7-12(2)3;1-2/h7-8H,4,6,9-11H2,1-3,5H3;1-2H3/b14-8-;. The SMILES string of the molecule is C=C1CC(C)(CC)CC/C1=C/C=C(C)C.CC. The molecule has 0 amide bonds. The molecule has 0 radical (unpaired) electrons. The van der Waals surface area contributed by atoms with Crippen LogP contribution in [0.25, 0.3) is 0 Å². The first kappa shape index (κ1) is 16.2. The van der Waals surface area contributed by atoms with Crippen molar-refractivity contribution in [1.29, 1.82) is 0 Å². The Bertz CT molecular complexity index is 300. The van der Waals surface area contributed by atoms with Crippen molar-refractivity contribution in [3.63, 3.8) is 0 Å². The maximum Gasteiger partial charge on any atom is -0.0228 e. The van der Waals surface area contributed by atoms with Gasteiger partial charge < -0.3 is 0 Å². The highest BCUT2D eigenvalue weighted by atomic mass is 14.3. The van der Waals surface area contributed by atoms with Crippen LogP contribution in [0.1, 0.15) is 67.2 Å². The van der Waals surface area contributed by atoms with Crippen LogP contribution >= 0.6 is 0 Å². The second-order valence-corrected chi connectivity index (χ2v) is 5.38. The molecule has 17 heavy (non-hydrogen) atoms. The van der Waals surface area contributed by atoms with Crippen molar-refractivity contribution in [2.24, 2.45) is 5.41 Å². The Labute approximate surface area is 109 Å². The summed E-state index contributed by atoms with van der Waals surface area (Å²) in [5.74, 6) is 0. The van der Waals surface area contributed by atoms with Gasteiger partial charge >= 0.3 is 0 Å². The molecule has 1 unspecified atom stereocenters. The number of hydrogen-bond donors (Lipinski definition) is 0. The van der Waals surface area contributed by atoms with Crippen LogP contribution in [0.3, 0.4) is 0 Å². The summed E-state index contributed by atoms with van der Waals surface area (Å²) in [7, 11) is 0. The molecule has 0 aromatic carbocycles. The lowest BCUT2D eigenvalue weighted by Gasteiger charge is -2.35. The lowest BCUT2D eigenvalue weighted by atomic mass is 9.70. The molecule has 0 N–H and O–H groups in total. The fourth-order valence-corrected chi connectivity index (χ4v) is 2.10. The van der Waals surface area contributed by atoms with E-state index >= 15 is 0 Å². The maximum absolute atomic E-state index is 4.22. The molecule has 98 valence electrons. The Balaban J connectivity index is 0.00000121. The minimum Gasteiger partial charge on any atom is -0.0955 e. The van der Waals surface area contributed by atoms with Gasteiger partial charge in [-0.25, -0.2) is 0 Å². The molecule has 1 rings (SSSR count). The molecule has 1 saturated carbocycles. The molecule has 1 aliphatic rings. The monoisotopic (exact) mass is 234 g/mol. The molecule has 1 aliphatic carbocycles. The molecule has 0 bridgehead atoms. The Kier molecular flexibility index (Phi) is 7.18. The maximum atomic E-state index is 4.22. The average molecular weight is 234 g/mol. The van der Waals surface area contributed by atoms with Gasteiger partial charge in [0.2, 0.25) is 0 Å². The van der Waals surface area contributed by atoms with Gasteiger partial charge in [-0.15, -0.1) is 0 Å². The van der Waals surface area contributed by atoms with Gasteiger partial charge in [-0.2, -0.15) is 0 Å². The van der Waals surface area contributed by atoms with E-state index in [-0.39, 0.29) is 0 Å². The van der Waals surface area contributed by atoms with Crippen molar-refractivity contribution in [3.8, 4) is 0 Å². The summed E-state index contributed by atoms with van der Waals surface area (Å²) < 4.78 is 0. The summed E-state index contributed by atoms with van der Waals surface area (Å²) in [5.41, 5.74) is 4.67. The third-order valence-electron chi connectivity index (χ3n) is 3.56. The van der Waals surface area contributed by atoms with E-state index in [4.69, 9.17) is 0 Å². The summed E-state index contributed by atoms with van der Waals surface area (Å²) >= 11 is 0. The summed E-state index contributed by atoms with van der Waals surface area (Å²) in [5, 5.41) is 0. The first-order valence-corrected chi connectivity index (χ1v) is 6.99. The van der Waals surface area contributed by atoms with Crippen molar-refractivity contribution in [1.82, 2.24) is 0 Å². The van der Waals surface area contributed by atoms with Crippen molar-refractivity contribution >= 4 is 0 Å². The molecule has 0 nitrogen and oxygen atoms in total. The number of rotatable bonds is 2. The zero-order valence-electron chi connectivity index (χ0n) is 12.7. The summed E-state index contributed by atoms with van der Waals surface area (Å²) in [6, 6.07) is 0. The number of allylic oxidation sites excluding steroid dienone is 5. The van der Waals surface area contributed by atoms with Gasteiger partial charge in [0, 0.05) is 0 Å². The summed E-state index contributed by atoms with van der Waals surface area (Å²) in [6.45, 7) is 17.2. The highest BCUT2D eigenvalue weighted by molar-refractivity contribution is 5.35. The topological polar surface area (TPSA) is 0 Å². The fraction of sp³-hybridized carbons (Fsp3) is 0.647.